The zero-order valence-electron chi connectivity index (χ0n) is 18.3. The molecular weight excluding hydrogens is 380 g/mol. The van der Waals surface area contributed by atoms with E-state index in [2.05, 4.69) is 26.1 Å². The van der Waals surface area contributed by atoms with E-state index in [1.54, 1.807) is 25.1 Å². The monoisotopic (exact) mass is 408 g/mol. The van der Waals surface area contributed by atoms with Crippen molar-refractivity contribution in [3.05, 3.63) is 64.7 Å². The maximum Gasteiger partial charge on any atom is 0.325 e. The summed E-state index contributed by atoms with van der Waals surface area (Å²) in [6.07, 6.45) is 0. The lowest BCUT2D eigenvalue weighted by Gasteiger charge is -2.25. The number of nitrogens with one attached hydrogen (secondary N) is 1. The summed E-state index contributed by atoms with van der Waals surface area (Å²) in [6, 6.07) is 12.3. The molecule has 158 valence electrons. The lowest BCUT2D eigenvalue weighted by Crippen LogP contribution is -2.40. The summed E-state index contributed by atoms with van der Waals surface area (Å²) in [7, 11) is 1.51. The van der Waals surface area contributed by atoms with E-state index in [1.165, 1.54) is 18.9 Å². The summed E-state index contributed by atoms with van der Waals surface area (Å²) in [5, 5.41) is 2.83. The van der Waals surface area contributed by atoms with Crippen molar-refractivity contribution >= 4 is 17.7 Å². The van der Waals surface area contributed by atoms with Crippen LogP contribution in [0.1, 0.15) is 61.7 Å². The number of methoxy groups -OCH3 is 1. The predicted octanol–water partition coefficient (Wildman–Crippen LogP) is 4.16. The molecule has 6 heteroatoms. The fraction of sp³-hybridized carbons (Fsp3) is 0.375. The van der Waals surface area contributed by atoms with Crippen LogP contribution >= 0.6 is 0 Å². The van der Waals surface area contributed by atoms with Gasteiger partial charge in [0.25, 0.3) is 5.91 Å². The first-order valence-electron chi connectivity index (χ1n) is 9.90. The van der Waals surface area contributed by atoms with Crippen LogP contribution in [0.4, 0.5) is 4.79 Å². The fourth-order valence-electron chi connectivity index (χ4n) is 3.63. The quantitative estimate of drug-likeness (QED) is 0.595. The molecule has 0 aromatic heterocycles. The molecule has 3 amide bonds. The number of ketones is 1. The van der Waals surface area contributed by atoms with Crippen LogP contribution in [0.25, 0.3) is 0 Å². The highest BCUT2D eigenvalue weighted by atomic mass is 16.5. The fourth-order valence-corrected chi connectivity index (χ4v) is 3.63. The van der Waals surface area contributed by atoms with Gasteiger partial charge in [-0.3, -0.25) is 14.5 Å². The second kappa shape index (κ2) is 7.59. The number of hydrogen-bond donors (Lipinski definition) is 1. The average Bonchev–Trinajstić information content (AvgIpc) is 2.91. The lowest BCUT2D eigenvalue weighted by atomic mass is 9.84. The van der Waals surface area contributed by atoms with Crippen molar-refractivity contribution in [2.24, 2.45) is 0 Å². The third kappa shape index (κ3) is 3.82. The molecule has 3 rings (SSSR count). The van der Waals surface area contributed by atoms with Crippen LogP contribution in [0.2, 0.25) is 0 Å². The van der Waals surface area contributed by atoms with E-state index in [1.807, 2.05) is 24.3 Å². The highest BCUT2D eigenvalue weighted by Crippen LogP contribution is 2.33. The molecule has 2 aromatic carbocycles. The van der Waals surface area contributed by atoms with Gasteiger partial charge in [-0.05, 0) is 48.6 Å². The minimum Gasteiger partial charge on any atom is -0.496 e. The number of imide groups is 1. The molecular formula is C24H28N2O4. The Balaban J connectivity index is 1.91. The molecule has 1 saturated heterocycles. The smallest absolute Gasteiger partial charge is 0.325 e. The standard InChI is InChI=1S/C24H28N2O4/c1-15(27)16-7-12-20(30-6)17(13-16)14-26-21(28)24(5,25-22(26)29)19-10-8-18(9-11-19)23(2,3)4/h7-13H,14H2,1-6H3,(H,25,29). The number of benzene rings is 2. The Morgan fingerprint density at radius 1 is 1.10 bits per heavy atom. The predicted molar refractivity (Wildman–Crippen MR) is 115 cm³/mol. The number of amides is 3. The molecule has 0 bridgehead atoms. The van der Waals surface area contributed by atoms with Crippen molar-refractivity contribution in [3.63, 3.8) is 0 Å². The summed E-state index contributed by atoms with van der Waals surface area (Å²) in [4.78, 5) is 38.9. The number of hydrogen-bond acceptors (Lipinski definition) is 4. The number of urea groups is 1. The van der Waals surface area contributed by atoms with Crippen LogP contribution in [-0.2, 0) is 22.3 Å². The summed E-state index contributed by atoms with van der Waals surface area (Å²) in [5.41, 5.74) is 1.81. The van der Waals surface area contributed by atoms with Gasteiger partial charge in [0.2, 0.25) is 0 Å². The van der Waals surface area contributed by atoms with Crippen LogP contribution in [0.15, 0.2) is 42.5 Å². The van der Waals surface area contributed by atoms with Crippen molar-refractivity contribution in [1.82, 2.24) is 10.2 Å². The van der Waals surface area contributed by atoms with Gasteiger partial charge in [-0.1, -0.05) is 45.0 Å². The van der Waals surface area contributed by atoms with E-state index in [0.29, 0.717) is 16.9 Å². The third-order valence-electron chi connectivity index (χ3n) is 5.62. The second-order valence-electron chi connectivity index (χ2n) is 8.86. The Morgan fingerprint density at radius 2 is 1.73 bits per heavy atom. The van der Waals surface area contributed by atoms with Crippen LogP contribution in [0, 0.1) is 0 Å². The Kier molecular flexibility index (Phi) is 5.46. The van der Waals surface area contributed by atoms with E-state index < -0.39 is 11.6 Å². The molecule has 1 unspecified atom stereocenters. The first-order chi connectivity index (χ1) is 14.0. The lowest BCUT2D eigenvalue weighted by molar-refractivity contribution is -0.131. The number of ether oxygens (including phenoxy) is 1. The largest absolute Gasteiger partial charge is 0.496 e. The molecule has 0 spiro atoms. The first kappa shape index (κ1) is 21.6. The van der Waals surface area contributed by atoms with Gasteiger partial charge in [0.05, 0.1) is 13.7 Å². The van der Waals surface area contributed by atoms with Gasteiger partial charge in [0.1, 0.15) is 11.3 Å². The van der Waals surface area contributed by atoms with E-state index >= 15 is 0 Å². The SMILES string of the molecule is COc1ccc(C(C)=O)cc1CN1C(=O)NC(C)(c2ccc(C(C)(C)C)cc2)C1=O. The Morgan fingerprint density at radius 3 is 2.27 bits per heavy atom. The van der Waals surface area contributed by atoms with E-state index in [4.69, 9.17) is 4.74 Å². The minimum absolute atomic E-state index is 0.00726. The van der Waals surface area contributed by atoms with E-state index in [9.17, 15) is 14.4 Å². The Labute approximate surface area is 177 Å². The number of carbonyl (C=O) groups is 3. The van der Waals surface area contributed by atoms with Gasteiger partial charge in [-0.2, -0.15) is 0 Å². The van der Waals surface area contributed by atoms with Crippen molar-refractivity contribution in [1.29, 1.82) is 0 Å². The summed E-state index contributed by atoms with van der Waals surface area (Å²) in [6.45, 7) is 9.56. The summed E-state index contributed by atoms with van der Waals surface area (Å²) in [5.74, 6) is 0.0786. The number of rotatable bonds is 5. The minimum atomic E-state index is -1.15. The summed E-state index contributed by atoms with van der Waals surface area (Å²) < 4.78 is 5.36. The third-order valence-corrected chi connectivity index (χ3v) is 5.62. The molecule has 1 fully saturated rings. The Hall–Kier alpha value is -3.15. The van der Waals surface area contributed by atoms with Crippen LogP contribution in [-0.4, -0.2) is 29.7 Å². The summed E-state index contributed by atoms with van der Waals surface area (Å²) >= 11 is 0. The highest BCUT2D eigenvalue weighted by Gasteiger charge is 2.49. The highest BCUT2D eigenvalue weighted by molar-refractivity contribution is 6.07. The molecule has 6 nitrogen and oxygen atoms in total. The molecule has 0 radical (unpaired) electrons. The van der Waals surface area contributed by atoms with Gasteiger partial charge in [-0.15, -0.1) is 0 Å². The molecule has 1 aliphatic rings. The average molecular weight is 408 g/mol. The van der Waals surface area contributed by atoms with E-state index in [-0.39, 0.29) is 23.7 Å². The number of nitrogens with zero attached hydrogens (tertiary/aromatic N) is 1. The van der Waals surface area contributed by atoms with Gasteiger partial charge < -0.3 is 10.1 Å². The zero-order chi connectivity index (χ0) is 22.3. The van der Waals surface area contributed by atoms with Crippen LogP contribution in [0.5, 0.6) is 5.75 Å². The van der Waals surface area contributed by atoms with E-state index in [0.717, 1.165) is 11.1 Å². The Bertz CT molecular complexity index is 1000. The van der Waals surface area contributed by atoms with Gasteiger partial charge in [0, 0.05) is 11.1 Å². The zero-order valence-corrected chi connectivity index (χ0v) is 18.3. The molecule has 1 atom stereocenters. The number of carbonyl (C=O) groups excluding carboxylic acids is 3. The first-order valence-corrected chi connectivity index (χ1v) is 9.90. The van der Waals surface area contributed by atoms with Crippen molar-refractivity contribution in [3.8, 4) is 5.75 Å². The van der Waals surface area contributed by atoms with Crippen LogP contribution in [0.3, 0.4) is 0 Å². The van der Waals surface area contributed by atoms with Crippen LogP contribution < -0.4 is 10.1 Å². The molecule has 1 aliphatic heterocycles. The molecule has 2 aromatic rings. The van der Waals surface area contributed by atoms with Crippen molar-refractivity contribution < 1.29 is 19.1 Å². The van der Waals surface area contributed by atoms with Gasteiger partial charge in [0.15, 0.2) is 5.78 Å². The number of Topliss-reactive ketones (excluding diaryl/α,β-unsaturated/α-hetero) is 1. The topological polar surface area (TPSA) is 75.7 Å². The molecule has 1 N–H and O–H groups in total. The van der Waals surface area contributed by atoms with Gasteiger partial charge in [-0.25, -0.2) is 4.79 Å². The molecule has 0 aliphatic carbocycles. The normalized spacial score (nSPS) is 19.1. The van der Waals surface area contributed by atoms with Crippen molar-refractivity contribution in [2.45, 2.75) is 52.1 Å². The van der Waals surface area contributed by atoms with Crippen molar-refractivity contribution in [2.75, 3.05) is 7.11 Å². The van der Waals surface area contributed by atoms with Gasteiger partial charge >= 0.3 is 6.03 Å². The maximum absolute atomic E-state index is 13.3. The maximum atomic E-state index is 13.3. The molecule has 1 heterocycles. The molecule has 30 heavy (non-hydrogen) atoms. The second-order valence-corrected chi connectivity index (χ2v) is 8.86. The molecule has 0 saturated carbocycles.